The van der Waals surface area contributed by atoms with Crippen LogP contribution in [0.15, 0.2) is 108 Å². The molecule has 0 aliphatic rings. The summed E-state index contributed by atoms with van der Waals surface area (Å²) in [6, 6.07) is 26.9. The molecule has 4 rings (SSSR count). The van der Waals surface area contributed by atoms with E-state index in [4.69, 9.17) is 0 Å². The SMILES string of the molecule is Cc1ccc(S(=O)(=O)N(CC(=O)Nc2ccccc2C(=O)NCc2ccccc2)c2ccc(F)cc2)cc1. The molecule has 38 heavy (non-hydrogen) atoms. The van der Waals surface area contributed by atoms with E-state index in [0.717, 1.165) is 27.6 Å². The lowest BCUT2D eigenvalue weighted by Gasteiger charge is -2.24. The Morgan fingerprint density at radius 2 is 1.45 bits per heavy atom. The van der Waals surface area contributed by atoms with Crippen molar-refractivity contribution in [1.29, 1.82) is 0 Å². The molecular formula is C29H26FN3O4S. The summed E-state index contributed by atoms with van der Waals surface area (Å²) in [7, 11) is -4.17. The van der Waals surface area contributed by atoms with Gasteiger partial charge < -0.3 is 10.6 Å². The van der Waals surface area contributed by atoms with Gasteiger partial charge in [-0.1, -0.05) is 60.2 Å². The van der Waals surface area contributed by atoms with Crippen LogP contribution in [0.4, 0.5) is 15.8 Å². The average molecular weight is 532 g/mol. The molecule has 0 bridgehead atoms. The molecule has 0 aliphatic carbocycles. The third kappa shape index (κ3) is 6.43. The fraction of sp³-hybridized carbons (Fsp3) is 0.103. The van der Waals surface area contributed by atoms with E-state index >= 15 is 0 Å². The number of amides is 2. The zero-order valence-corrected chi connectivity index (χ0v) is 21.4. The van der Waals surface area contributed by atoms with Crippen LogP contribution in [0.3, 0.4) is 0 Å². The second kappa shape index (κ2) is 11.7. The van der Waals surface area contributed by atoms with Gasteiger partial charge in [0.1, 0.15) is 12.4 Å². The normalized spacial score (nSPS) is 11.0. The first-order valence-electron chi connectivity index (χ1n) is 11.8. The lowest BCUT2D eigenvalue weighted by atomic mass is 10.1. The first kappa shape index (κ1) is 26.6. The van der Waals surface area contributed by atoms with Crippen LogP contribution in [0.1, 0.15) is 21.5 Å². The number of hydrogen-bond acceptors (Lipinski definition) is 4. The van der Waals surface area contributed by atoms with Crippen LogP contribution >= 0.6 is 0 Å². The largest absolute Gasteiger partial charge is 0.348 e. The zero-order chi connectivity index (χ0) is 27.1. The van der Waals surface area contributed by atoms with Gasteiger partial charge in [0.05, 0.1) is 21.8 Å². The molecule has 194 valence electrons. The Kier molecular flexibility index (Phi) is 8.18. The number of benzene rings is 4. The number of hydrogen-bond donors (Lipinski definition) is 2. The molecule has 0 aliphatic heterocycles. The van der Waals surface area contributed by atoms with Gasteiger partial charge in [-0.25, -0.2) is 12.8 Å². The number of carbonyl (C=O) groups is 2. The smallest absolute Gasteiger partial charge is 0.264 e. The zero-order valence-electron chi connectivity index (χ0n) is 20.6. The molecule has 0 aromatic heterocycles. The first-order chi connectivity index (χ1) is 18.2. The van der Waals surface area contributed by atoms with Crippen LogP contribution < -0.4 is 14.9 Å². The van der Waals surface area contributed by atoms with Crippen molar-refractivity contribution in [2.45, 2.75) is 18.4 Å². The first-order valence-corrected chi connectivity index (χ1v) is 13.2. The van der Waals surface area contributed by atoms with Crippen LogP contribution in [0.25, 0.3) is 0 Å². The molecule has 0 saturated heterocycles. The molecule has 9 heteroatoms. The minimum Gasteiger partial charge on any atom is -0.348 e. The number of anilines is 2. The van der Waals surface area contributed by atoms with E-state index in [-0.39, 0.29) is 21.8 Å². The lowest BCUT2D eigenvalue weighted by Crippen LogP contribution is -2.38. The van der Waals surface area contributed by atoms with E-state index in [1.807, 2.05) is 37.3 Å². The van der Waals surface area contributed by atoms with Crippen molar-refractivity contribution < 1.29 is 22.4 Å². The van der Waals surface area contributed by atoms with Crippen LogP contribution in [0.5, 0.6) is 0 Å². The van der Waals surface area contributed by atoms with Gasteiger partial charge in [0, 0.05) is 6.54 Å². The second-order valence-electron chi connectivity index (χ2n) is 8.56. The highest BCUT2D eigenvalue weighted by molar-refractivity contribution is 7.92. The molecule has 4 aromatic rings. The second-order valence-corrected chi connectivity index (χ2v) is 10.4. The summed E-state index contributed by atoms with van der Waals surface area (Å²) in [5.41, 5.74) is 2.37. The highest BCUT2D eigenvalue weighted by atomic mass is 32.2. The minimum atomic E-state index is -4.17. The van der Waals surface area contributed by atoms with Gasteiger partial charge in [-0.3, -0.25) is 13.9 Å². The van der Waals surface area contributed by atoms with Crippen molar-refractivity contribution >= 4 is 33.2 Å². The Balaban J connectivity index is 1.56. The fourth-order valence-corrected chi connectivity index (χ4v) is 5.16. The van der Waals surface area contributed by atoms with Crippen LogP contribution in [0.2, 0.25) is 0 Å². The number of nitrogens with zero attached hydrogens (tertiary/aromatic N) is 1. The lowest BCUT2D eigenvalue weighted by molar-refractivity contribution is -0.114. The minimum absolute atomic E-state index is 0.0130. The molecule has 7 nitrogen and oxygen atoms in total. The van der Waals surface area contributed by atoms with Crippen molar-refractivity contribution in [2.24, 2.45) is 0 Å². The fourth-order valence-electron chi connectivity index (χ4n) is 3.74. The van der Waals surface area contributed by atoms with Gasteiger partial charge in [0.15, 0.2) is 0 Å². The van der Waals surface area contributed by atoms with E-state index in [1.165, 1.54) is 24.3 Å². The predicted octanol–water partition coefficient (Wildman–Crippen LogP) is 4.90. The van der Waals surface area contributed by atoms with Gasteiger partial charge in [0.2, 0.25) is 5.91 Å². The molecule has 2 amide bonds. The van der Waals surface area contributed by atoms with E-state index in [0.29, 0.717) is 6.54 Å². The summed E-state index contributed by atoms with van der Waals surface area (Å²) < 4.78 is 41.5. The maximum absolute atomic E-state index is 13.6. The maximum atomic E-state index is 13.6. The summed E-state index contributed by atoms with van der Waals surface area (Å²) >= 11 is 0. The summed E-state index contributed by atoms with van der Waals surface area (Å²) in [5.74, 6) is -1.61. The van der Waals surface area contributed by atoms with Gasteiger partial charge in [-0.05, 0) is 61.0 Å². The van der Waals surface area contributed by atoms with E-state index in [9.17, 15) is 22.4 Å². The van der Waals surface area contributed by atoms with Crippen molar-refractivity contribution in [3.63, 3.8) is 0 Å². The molecule has 0 radical (unpaired) electrons. The van der Waals surface area contributed by atoms with Crippen LogP contribution in [0, 0.1) is 12.7 Å². The molecule has 0 spiro atoms. The monoisotopic (exact) mass is 531 g/mol. The van der Waals surface area contributed by atoms with Crippen molar-refractivity contribution in [3.05, 3.63) is 126 Å². The topological polar surface area (TPSA) is 95.6 Å². The summed E-state index contributed by atoms with van der Waals surface area (Å²) in [6.07, 6.45) is 0. The Morgan fingerprint density at radius 1 is 0.816 bits per heavy atom. The van der Waals surface area contributed by atoms with Crippen molar-refractivity contribution in [1.82, 2.24) is 5.32 Å². The number of para-hydroxylation sites is 1. The molecule has 0 unspecified atom stereocenters. The average Bonchev–Trinajstić information content (AvgIpc) is 2.92. The number of sulfonamides is 1. The van der Waals surface area contributed by atoms with Gasteiger partial charge in [0.25, 0.3) is 15.9 Å². The third-order valence-electron chi connectivity index (χ3n) is 5.75. The molecule has 4 aromatic carbocycles. The van der Waals surface area contributed by atoms with Crippen molar-refractivity contribution in [2.75, 3.05) is 16.2 Å². The maximum Gasteiger partial charge on any atom is 0.264 e. The standard InChI is InChI=1S/C29H26FN3O4S/c1-21-11-17-25(18-12-21)38(36,37)33(24-15-13-23(30)14-16-24)20-28(34)32-27-10-6-5-9-26(27)29(35)31-19-22-7-3-2-4-8-22/h2-18H,19-20H2,1H3,(H,31,35)(H,32,34). The molecular weight excluding hydrogens is 505 g/mol. The number of nitrogens with one attached hydrogen (secondary N) is 2. The van der Waals surface area contributed by atoms with Crippen LogP contribution in [-0.2, 0) is 21.4 Å². The number of halogens is 1. The molecule has 0 atom stereocenters. The van der Waals surface area contributed by atoms with Gasteiger partial charge in [-0.2, -0.15) is 0 Å². The van der Waals surface area contributed by atoms with E-state index in [1.54, 1.807) is 36.4 Å². The summed E-state index contributed by atoms with van der Waals surface area (Å²) in [5, 5.41) is 5.47. The van der Waals surface area contributed by atoms with Crippen molar-refractivity contribution in [3.8, 4) is 0 Å². The summed E-state index contributed by atoms with van der Waals surface area (Å²) in [6.45, 7) is 1.53. The Labute approximate surface area is 221 Å². The number of aryl methyl sites for hydroxylation is 1. The Morgan fingerprint density at radius 3 is 2.13 bits per heavy atom. The van der Waals surface area contributed by atoms with E-state index in [2.05, 4.69) is 10.6 Å². The van der Waals surface area contributed by atoms with Gasteiger partial charge >= 0.3 is 0 Å². The number of rotatable bonds is 9. The van der Waals surface area contributed by atoms with E-state index < -0.39 is 34.2 Å². The molecule has 0 fully saturated rings. The van der Waals surface area contributed by atoms with Gasteiger partial charge in [-0.15, -0.1) is 0 Å². The molecule has 0 saturated carbocycles. The quantitative estimate of drug-likeness (QED) is 0.321. The highest BCUT2D eigenvalue weighted by Crippen LogP contribution is 2.25. The Hall–Kier alpha value is -4.50. The Bertz CT molecular complexity index is 1520. The third-order valence-corrected chi connectivity index (χ3v) is 7.54. The highest BCUT2D eigenvalue weighted by Gasteiger charge is 2.27. The molecule has 2 N–H and O–H groups in total. The number of carbonyl (C=O) groups excluding carboxylic acids is 2. The summed E-state index contributed by atoms with van der Waals surface area (Å²) in [4.78, 5) is 26.0. The predicted molar refractivity (Wildman–Crippen MR) is 145 cm³/mol. The molecule has 0 heterocycles. The van der Waals surface area contributed by atoms with Crippen LogP contribution in [-0.4, -0.2) is 26.8 Å².